The van der Waals surface area contributed by atoms with Crippen molar-refractivity contribution in [2.45, 2.75) is 18.2 Å². The molecule has 3 nitrogen and oxygen atoms in total. The fourth-order valence-corrected chi connectivity index (χ4v) is 2.81. The van der Waals surface area contributed by atoms with Crippen LogP contribution in [-0.2, 0) is 4.79 Å². The molecule has 2 aromatic rings. The molecule has 0 fully saturated rings. The number of carbonyl (C=O) groups is 1. The number of amides is 1. The zero-order chi connectivity index (χ0) is 15.2. The van der Waals surface area contributed by atoms with Gasteiger partial charge in [-0.2, -0.15) is 0 Å². The zero-order valence-electron chi connectivity index (χ0n) is 11.7. The van der Waals surface area contributed by atoms with Crippen molar-refractivity contribution in [1.82, 2.24) is 0 Å². The van der Waals surface area contributed by atoms with Gasteiger partial charge < -0.3 is 11.1 Å². The van der Waals surface area contributed by atoms with Gasteiger partial charge in [-0.05, 0) is 36.8 Å². The molecule has 0 saturated heterocycles. The average Bonchev–Trinajstić information content (AvgIpc) is 2.45. The summed E-state index contributed by atoms with van der Waals surface area (Å²) in [6, 6.07) is 11.9. The van der Waals surface area contributed by atoms with E-state index in [1.807, 2.05) is 25.1 Å². The normalized spacial score (nSPS) is 10.4. The Kier molecular flexibility index (Phi) is 5.22. The van der Waals surface area contributed by atoms with Crippen LogP contribution in [0.3, 0.4) is 0 Å². The summed E-state index contributed by atoms with van der Waals surface area (Å²) in [6.45, 7) is 1.99. The second-order valence-corrected chi connectivity index (χ2v) is 5.80. The topological polar surface area (TPSA) is 55.1 Å². The van der Waals surface area contributed by atoms with Gasteiger partial charge in [0, 0.05) is 22.8 Å². The summed E-state index contributed by atoms with van der Waals surface area (Å²) in [4.78, 5) is 12.8. The minimum atomic E-state index is -0.429. The van der Waals surface area contributed by atoms with Crippen LogP contribution in [0.5, 0.6) is 0 Å². The number of carbonyl (C=O) groups excluding carboxylic acids is 1. The van der Waals surface area contributed by atoms with E-state index in [2.05, 4.69) is 5.32 Å². The Morgan fingerprint density at radius 3 is 2.81 bits per heavy atom. The van der Waals surface area contributed by atoms with Crippen LogP contribution in [0, 0.1) is 12.7 Å². The van der Waals surface area contributed by atoms with Crippen LogP contribution >= 0.6 is 11.8 Å². The molecule has 0 aliphatic carbocycles. The van der Waals surface area contributed by atoms with Crippen molar-refractivity contribution < 1.29 is 9.18 Å². The van der Waals surface area contributed by atoms with Gasteiger partial charge in [-0.3, -0.25) is 4.79 Å². The maximum Gasteiger partial charge on any atom is 0.225 e. The van der Waals surface area contributed by atoms with Gasteiger partial charge in [0.15, 0.2) is 0 Å². The lowest BCUT2D eigenvalue weighted by molar-refractivity contribution is -0.115. The molecule has 0 heterocycles. The molecule has 0 aliphatic heterocycles. The lowest BCUT2D eigenvalue weighted by atomic mass is 10.2. The first kappa shape index (κ1) is 15.4. The Balaban J connectivity index is 1.85. The van der Waals surface area contributed by atoms with Crippen molar-refractivity contribution in [3.05, 3.63) is 53.8 Å². The average molecular weight is 304 g/mol. The number of nitrogen functional groups attached to an aromatic ring is 1. The van der Waals surface area contributed by atoms with E-state index in [0.29, 0.717) is 17.9 Å². The Morgan fingerprint density at radius 2 is 2.05 bits per heavy atom. The van der Waals surface area contributed by atoms with Crippen molar-refractivity contribution in [2.24, 2.45) is 0 Å². The first-order chi connectivity index (χ1) is 10.1. The van der Waals surface area contributed by atoms with Crippen molar-refractivity contribution in [3.63, 3.8) is 0 Å². The molecule has 0 aromatic heterocycles. The Morgan fingerprint density at radius 1 is 1.29 bits per heavy atom. The molecule has 1 amide bonds. The first-order valence-electron chi connectivity index (χ1n) is 6.59. The maximum absolute atomic E-state index is 13.4. The number of hydrogen-bond acceptors (Lipinski definition) is 3. The molecule has 0 bridgehead atoms. The molecule has 2 rings (SSSR count). The number of halogens is 1. The van der Waals surface area contributed by atoms with Crippen LogP contribution in [0.25, 0.3) is 0 Å². The number of nitrogens with one attached hydrogen (secondary N) is 1. The number of benzene rings is 2. The highest BCUT2D eigenvalue weighted by molar-refractivity contribution is 7.99. The van der Waals surface area contributed by atoms with Gasteiger partial charge in [0.25, 0.3) is 0 Å². The molecule has 2 aromatic carbocycles. The van der Waals surface area contributed by atoms with E-state index in [0.717, 1.165) is 10.5 Å². The molecule has 0 aliphatic rings. The third-order valence-corrected chi connectivity index (χ3v) is 3.98. The highest BCUT2D eigenvalue weighted by atomic mass is 32.2. The molecule has 3 N–H and O–H groups in total. The molecule has 0 unspecified atom stereocenters. The van der Waals surface area contributed by atoms with Gasteiger partial charge in [0.05, 0.1) is 5.69 Å². The van der Waals surface area contributed by atoms with Gasteiger partial charge in [-0.15, -0.1) is 11.8 Å². The van der Waals surface area contributed by atoms with Gasteiger partial charge in [-0.25, -0.2) is 4.39 Å². The summed E-state index contributed by atoms with van der Waals surface area (Å²) in [5.74, 6) is -0.0474. The number of aryl methyl sites for hydroxylation is 1. The summed E-state index contributed by atoms with van der Waals surface area (Å²) in [5.41, 5.74) is 7.93. The summed E-state index contributed by atoms with van der Waals surface area (Å²) in [5, 5.41) is 2.56. The summed E-state index contributed by atoms with van der Waals surface area (Å²) in [7, 11) is 0. The van der Waals surface area contributed by atoms with Crippen LogP contribution in [0.2, 0.25) is 0 Å². The van der Waals surface area contributed by atoms with E-state index in [1.54, 1.807) is 18.2 Å². The van der Waals surface area contributed by atoms with Crippen LogP contribution in [0.4, 0.5) is 15.8 Å². The fourth-order valence-electron chi connectivity index (χ4n) is 1.80. The molecular formula is C16H17FN2OS. The maximum atomic E-state index is 13.4. The lowest BCUT2D eigenvalue weighted by Crippen LogP contribution is -2.13. The fraction of sp³-hybridized carbons (Fsp3) is 0.188. The number of rotatable bonds is 5. The van der Waals surface area contributed by atoms with Gasteiger partial charge >= 0.3 is 0 Å². The number of anilines is 2. The van der Waals surface area contributed by atoms with Crippen molar-refractivity contribution in [3.8, 4) is 0 Å². The standard InChI is InChI=1S/C16H17FN2OS/c1-11-6-7-13(18)15(10-11)21-9-8-16(20)19-14-5-3-2-4-12(14)17/h2-7,10H,8-9,18H2,1H3,(H,19,20). The quantitative estimate of drug-likeness (QED) is 0.652. The number of para-hydroxylation sites is 1. The molecule has 21 heavy (non-hydrogen) atoms. The predicted molar refractivity (Wildman–Crippen MR) is 86.0 cm³/mol. The lowest BCUT2D eigenvalue weighted by Gasteiger charge is -2.08. The third-order valence-electron chi connectivity index (χ3n) is 2.90. The zero-order valence-corrected chi connectivity index (χ0v) is 12.5. The molecular weight excluding hydrogens is 287 g/mol. The highest BCUT2D eigenvalue weighted by Crippen LogP contribution is 2.26. The number of hydrogen-bond donors (Lipinski definition) is 2. The van der Waals surface area contributed by atoms with E-state index < -0.39 is 5.82 Å². The first-order valence-corrected chi connectivity index (χ1v) is 7.58. The summed E-state index contributed by atoms with van der Waals surface area (Å²) >= 11 is 1.52. The molecule has 0 radical (unpaired) electrons. The van der Waals surface area contributed by atoms with E-state index in [9.17, 15) is 9.18 Å². The Bertz CT molecular complexity index is 646. The van der Waals surface area contributed by atoms with E-state index in [1.165, 1.54) is 17.8 Å². The second kappa shape index (κ2) is 7.13. The smallest absolute Gasteiger partial charge is 0.225 e. The number of thioether (sulfide) groups is 1. The van der Waals surface area contributed by atoms with Crippen molar-refractivity contribution in [1.29, 1.82) is 0 Å². The van der Waals surface area contributed by atoms with Gasteiger partial charge in [-0.1, -0.05) is 18.2 Å². The minimum absolute atomic E-state index is 0.209. The van der Waals surface area contributed by atoms with E-state index >= 15 is 0 Å². The van der Waals surface area contributed by atoms with Crippen LogP contribution in [0.1, 0.15) is 12.0 Å². The molecule has 5 heteroatoms. The Labute approximate surface area is 127 Å². The minimum Gasteiger partial charge on any atom is -0.398 e. The van der Waals surface area contributed by atoms with Crippen LogP contribution < -0.4 is 11.1 Å². The molecule has 0 saturated carbocycles. The molecule has 0 spiro atoms. The van der Waals surface area contributed by atoms with E-state index in [4.69, 9.17) is 5.73 Å². The van der Waals surface area contributed by atoms with Crippen molar-refractivity contribution in [2.75, 3.05) is 16.8 Å². The van der Waals surface area contributed by atoms with Crippen LogP contribution in [0.15, 0.2) is 47.4 Å². The van der Waals surface area contributed by atoms with Crippen molar-refractivity contribution >= 4 is 29.0 Å². The van der Waals surface area contributed by atoms with Gasteiger partial charge in [0.1, 0.15) is 5.82 Å². The number of nitrogens with two attached hydrogens (primary N) is 1. The monoisotopic (exact) mass is 304 g/mol. The summed E-state index contributed by atoms with van der Waals surface area (Å²) in [6.07, 6.45) is 0.298. The van der Waals surface area contributed by atoms with Crippen LogP contribution in [-0.4, -0.2) is 11.7 Å². The molecule has 0 atom stereocenters. The highest BCUT2D eigenvalue weighted by Gasteiger charge is 2.07. The van der Waals surface area contributed by atoms with Gasteiger partial charge in [0.2, 0.25) is 5.91 Å². The summed E-state index contributed by atoms with van der Waals surface area (Å²) < 4.78 is 13.4. The predicted octanol–water partition coefficient (Wildman–Crippen LogP) is 3.84. The largest absolute Gasteiger partial charge is 0.398 e. The molecule has 110 valence electrons. The van der Waals surface area contributed by atoms with E-state index in [-0.39, 0.29) is 11.6 Å². The Hall–Kier alpha value is -2.01. The third kappa shape index (κ3) is 4.49. The second-order valence-electron chi connectivity index (χ2n) is 4.67. The SMILES string of the molecule is Cc1ccc(N)c(SCCC(=O)Nc2ccccc2F)c1.